The lowest BCUT2D eigenvalue weighted by Gasteiger charge is -2.11. The molecule has 0 aliphatic heterocycles. The summed E-state index contributed by atoms with van der Waals surface area (Å²) in [6.07, 6.45) is 0. The van der Waals surface area contributed by atoms with Gasteiger partial charge in [0, 0.05) is 30.0 Å². The summed E-state index contributed by atoms with van der Waals surface area (Å²) >= 11 is 0. The molecule has 0 aliphatic rings. The highest BCUT2D eigenvalue weighted by Crippen LogP contribution is 2.24. The molecule has 0 saturated heterocycles. The lowest BCUT2D eigenvalue weighted by atomic mass is 10.1. The number of nitrogens with one attached hydrogen (secondary N) is 1. The first-order valence-electron chi connectivity index (χ1n) is 6.71. The van der Waals surface area contributed by atoms with E-state index in [1.165, 1.54) is 18.2 Å². The number of nitrogens with zero attached hydrogens (tertiary/aromatic N) is 1. The second-order valence-electron chi connectivity index (χ2n) is 4.41. The SMILES string of the molecule is CCNCc1cc([N+](=O)[O-])ccc1OCCS(=O)(=O)CC. The normalized spacial score (nSPS) is 11.3. The third kappa shape index (κ3) is 5.68. The smallest absolute Gasteiger partial charge is 0.270 e. The van der Waals surface area contributed by atoms with Crippen LogP contribution in [0.2, 0.25) is 0 Å². The van der Waals surface area contributed by atoms with Gasteiger partial charge in [-0.25, -0.2) is 8.42 Å². The van der Waals surface area contributed by atoms with E-state index in [-0.39, 0.29) is 23.8 Å². The zero-order valence-electron chi connectivity index (χ0n) is 12.2. The van der Waals surface area contributed by atoms with E-state index in [2.05, 4.69) is 5.32 Å². The molecular weight excluding hydrogens is 296 g/mol. The van der Waals surface area contributed by atoms with Gasteiger partial charge < -0.3 is 10.1 Å². The Bertz CT molecular complexity index is 586. The van der Waals surface area contributed by atoms with Crippen LogP contribution < -0.4 is 10.1 Å². The van der Waals surface area contributed by atoms with Crippen molar-refractivity contribution in [1.82, 2.24) is 5.32 Å². The lowest BCUT2D eigenvalue weighted by molar-refractivity contribution is -0.384. The molecule has 1 aromatic rings. The minimum Gasteiger partial charge on any atom is -0.492 e. The number of benzene rings is 1. The standard InChI is InChI=1S/C13H20N2O5S/c1-3-14-10-11-9-12(15(16)17)5-6-13(11)20-7-8-21(18,19)4-2/h5-6,9,14H,3-4,7-8,10H2,1-2H3. The van der Waals surface area contributed by atoms with Crippen LogP contribution in [-0.4, -0.2) is 38.0 Å². The van der Waals surface area contributed by atoms with Crippen LogP contribution in [0, 0.1) is 10.1 Å². The maximum atomic E-state index is 11.4. The first kappa shape index (κ1) is 17.4. The van der Waals surface area contributed by atoms with Gasteiger partial charge in [-0.3, -0.25) is 10.1 Å². The summed E-state index contributed by atoms with van der Waals surface area (Å²) < 4.78 is 28.3. The monoisotopic (exact) mass is 316 g/mol. The van der Waals surface area contributed by atoms with Crippen LogP contribution in [0.5, 0.6) is 5.75 Å². The van der Waals surface area contributed by atoms with E-state index in [9.17, 15) is 18.5 Å². The molecule has 118 valence electrons. The molecular formula is C13H20N2O5S. The van der Waals surface area contributed by atoms with E-state index in [0.29, 0.717) is 24.4 Å². The summed E-state index contributed by atoms with van der Waals surface area (Å²) in [5, 5.41) is 13.9. The van der Waals surface area contributed by atoms with E-state index in [0.717, 1.165) is 0 Å². The van der Waals surface area contributed by atoms with E-state index in [1.807, 2.05) is 6.92 Å². The molecule has 0 atom stereocenters. The first-order valence-corrected chi connectivity index (χ1v) is 8.53. The number of hydrogen-bond acceptors (Lipinski definition) is 6. The van der Waals surface area contributed by atoms with Gasteiger partial charge in [-0.2, -0.15) is 0 Å². The maximum Gasteiger partial charge on any atom is 0.270 e. The fraction of sp³-hybridized carbons (Fsp3) is 0.538. The number of nitro benzene ring substituents is 1. The van der Waals surface area contributed by atoms with Crippen molar-refractivity contribution in [2.45, 2.75) is 20.4 Å². The van der Waals surface area contributed by atoms with Crippen LogP contribution in [0.25, 0.3) is 0 Å². The molecule has 1 aromatic carbocycles. The Kier molecular flexibility index (Phi) is 6.57. The zero-order valence-corrected chi connectivity index (χ0v) is 13.0. The summed E-state index contributed by atoms with van der Waals surface area (Å²) in [7, 11) is -3.09. The topological polar surface area (TPSA) is 98.5 Å². The summed E-state index contributed by atoms with van der Waals surface area (Å²) in [6, 6.07) is 4.29. The van der Waals surface area contributed by atoms with Gasteiger partial charge >= 0.3 is 0 Å². The van der Waals surface area contributed by atoms with Gasteiger partial charge in [-0.15, -0.1) is 0 Å². The number of rotatable bonds is 9. The van der Waals surface area contributed by atoms with E-state index < -0.39 is 14.8 Å². The average Bonchev–Trinajstić information content (AvgIpc) is 2.45. The van der Waals surface area contributed by atoms with Crippen molar-refractivity contribution in [1.29, 1.82) is 0 Å². The van der Waals surface area contributed by atoms with Crippen LogP contribution in [0.4, 0.5) is 5.69 Å². The molecule has 1 rings (SSSR count). The molecule has 0 amide bonds. The van der Waals surface area contributed by atoms with Gasteiger partial charge in [0.25, 0.3) is 5.69 Å². The number of sulfone groups is 1. The van der Waals surface area contributed by atoms with Crippen LogP contribution in [0.3, 0.4) is 0 Å². The largest absolute Gasteiger partial charge is 0.492 e. The molecule has 0 radical (unpaired) electrons. The Hall–Kier alpha value is -1.67. The maximum absolute atomic E-state index is 11.4. The van der Waals surface area contributed by atoms with E-state index >= 15 is 0 Å². The Morgan fingerprint density at radius 1 is 1.33 bits per heavy atom. The molecule has 0 spiro atoms. The summed E-state index contributed by atoms with van der Waals surface area (Å²) in [6.45, 7) is 4.68. The Labute approximate surface area is 124 Å². The Balaban J connectivity index is 2.82. The Morgan fingerprint density at radius 2 is 2.05 bits per heavy atom. The highest BCUT2D eigenvalue weighted by atomic mass is 32.2. The molecule has 7 nitrogen and oxygen atoms in total. The van der Waals surface area contributed by atoms with Crippen LogP contribution >= 0.6 is 0 Å². The Morgan fingerprint density at radius 3 is 2.62 bits per heavy atom. The molecule has 1 N–H and O–H groups in total. The molecule has 21 heavy (non-hydrogen) atoms. The van der Waals surface area contributed by atoms with Crippen molar-refractivity contribution < 1.29 is 18.1 Å². The third-order valence-corrected chi connectivity index (χ3v) is 4.58. The van der Waals surface area contributed by atoms with Crippen molar-refractivity contribution in [2.75, 3.05) is 24.7 Å². The predicted octanol–water partition coefficient (Wildman–Crippen LogP) is 1.52. The second kappa shape index (κ2) is 7.94. The highest BCUT2D eigenvalue weighted by molar-refractivity contribution is 7.91. The minimum atomic E-state index is -3.09. The lowest BCUT2D eigenvalue weighted by Crippen LogP contribution is -2.17. The van der Waals surface area contributed by atoms with Crippen molar-refractivity contribution in [3.63, 3.8) is 0 Å². The number of ether oxygens (including phenoxy) is 1. The van der Waals surface area contributed by atoms with E-state index in [4.69, 9.17) is 4.74 Å². The molecule has 8 heteroatoms. The third-order valence-electron chi connectivity index (χ3n) is 2.91. The van der Waals surface area contributed by atoms with E-state index in [1.54, 1.807) is 6.92 Å². The van der Waals surface area contributed by atoms with Crippen molar-refractivity contribution in [2.24, 2.45) is 0 Å². The minimum absolute atomic E-state index is 0.0172. The molecule has 0 heterocycles. The second-order valence-corrected chi connectivity index (χ2v) is 6.89. The van der Waals surface area contributed by atoms with Gasteiger partial charge in [0.15, 0.2) is 9.84 Å². The van der Waals surface area contributed by atoms with Crippen molar-refractivity contribution in [3.8, 4) is 5.75 Å². The number of non-ortho nitro benzene ring substituents is 1. The number of nitro groups is 1. The molecule has 0 saturated carbocycles. The average molecular weight is 316 g/mol. The van der Waals surface area contributed by atoms with Crippen LogP contribution in [-0.2, 0) is 16.4 Å². The fourth-order valence-corrected chi connectivity index (χ4v) is 2.27. The summed E-state index contributed by atoms with van der Waals surface area (Å²) in [4.78, 5) is 10.3. The quantitative estimate of drug-likeness (QED) is 0.548. The van der Waals surface area contributed by atoms with Crippen LogP contribution in [0.1, 0.15) is 19.4 Å². The van der Waals surface area contributed by atoms with Gasteiger partial charge in [-0.1, -0.05) is 13.8 Å². The van der Waals surface area contributed by atoms with Gasteiger partial charge in [0.1, 0.15) is 12.4 Å². The number of hydrogen-bond donors (Lipinski definition) is 1. The predicted molar refractivity (Wildman–Crippen MR) is 80.3 cm³/mol. The zero-order chi connectivity index (χ0) is 15.9. The van der Waals surface area contributed by atoms with Crippen LogP contribution in [0.15, 0.2) is 18.2 Å². The molecule has 0 fully saturated rings. The van der Waals surface area contributed by atoms with Gasteiger partial charge in [-0.05, 0) is 12.6 Å². The molecule has 0 aromatic heterocycles. The fourth-order valence-electron chi connectivity index (χ4n) is 1.64. The summed E-state index contributed by atoms with van der Waals surface area (Å²) in [5.74, 6) is 0.468. The van der Waals surface area contributed by atoms with Gasteiger partial charge in [0.2, 0.25) is 0 Å². The highest BCUT2D eigenvalue weighted by Gasteiger charge is 2.13. The van der Waals surface area contributed by atoms with Crippen molar-refractivity contribution in [3.05, 3.63) is 33.9 Å². The molecule has 0 bridgehead atoms. The molecule has 0 aliphatic carbocycles. The van der Waals surface area contributed by atoms with Crippen molar-refractivity contribution >= 4 is 15.5 Å². The first-order chi connectivity index (χ1) is 9.89. The molecule has 0 unspecified atom stereocenters. The summed E-state index contributed by atoms with van der Waals surface area (Å²) in [5.41, 5.74) is 0.622. The van der Waals surface area contributed by atoms with Gasteiger partial charge in [0.05, 0.1) is 10.7 Å².